The summed E-state index contributed by atoms with van der Waals surface area (Å²) < 4.78 is 0. The molecular formula is C22H29N3O2S. The highest BCUT2D eigenvalue weighted by molar-refractivity contribution is 7.12. The van der Waals surface area contributed by atoms with Crippen LogP contribution < -0.4 is 5.32 Å². The van der Waals surface area contributed by atoms with Gasteiger partial charge in [0, 0.05) is 36.0 Å². The van der Waals surface area contributed by atoms with E-state index in [4.69, 9.17) is 0 Å². The van der Waals surface area contributed by atoms with Gasteiger partial charge in [0.05, 0.1) is 17.1 Å². The fraction of sp³-hybridized carbons (Fsp3) is 0.500. The Labute approximate surface area is 171 Å². The maximum absolute atomic E-state index is 12.9. The van der Waals surface area contributed by atoms with Gasteiger partial charge < -0.3 is 10.2 Å². The van der Waals surface area contributed by atoms with Crippen LogP contribution in [-0.4, -0.2) is 41.3 Å². The minimum atomic E-state index is 0.0318. The molecule has 1 saturated heterocycles. The molecule has 150 valence electrons. The zero-order valence-corrected chi connectivity index (χ0v) is 17.8. The van der Waals surface area contributed by atoms with Crippen molar-refractivity contribution in [1.29, 1.82) is 0 Å². The molecule has 3 rings (SSSR count). The Bertz CT molecular complexity index is 821. The molecule has 1 aromatic heterocycles. The molecule has 28 heavy (non-hydrogen) atoms. The lowest BCUT2D eigenvalue weighted by molar-refractivity contribution is -0.135. The van der Waals surface area contributed by atoms with Crippen LogP contribution in [0.25, 0.3) is 11.3 Å². The number of carbonyl (C=O) groups is 2. The third-order valence-electron chi connectivity index (χ3n) is 5.21. The Morgan fingerprint density at radius 1 is 1.18 bits per heavy atom. The number of carbonyl (C=O) groups excluding carboxylic acids is 2. The van der Waals surface area contributed by atoms with Crippen molar-refractivity contribution in [2.75, 3.05) is 19.6 Å². The van der Waals surface area contributed by atoms with Gasteiger partial charge in [-0.3, -0.25) is 9.59 Å². The average Bonchev–Trinajstić information content (AvgIpc) is 3.06. The van der Waals surface area contributed by atoms with Crippen molar-refractivity contribution >= 4 is 23.2 Å². The number of piperidine rings is 1. The summed E-state index contributed by atoms with van der Waals surface area (Å²) in [5.74, 6) is 0.294. The Morgan fingerprint density at radius 3 is 2.50 bits per heavy atom. The van der Waals surface area contributed by atoms with E-state index < -0.39 is 0 Å². The lowest BCUT2D eigenvalue weighted by Crippen LogP contribution is -2.43. The fourth-order valence-electron chi connectivity index (χ4n) is 3.56. The molecule has 1 fully saturated rings. The van der Waals surface area contributed by atoms with Gasteiger partial charge in [-0.2, -0.15) is 0 Å². The summed E-state index contributed by atoms with van der Waals surface area (Å²) in [6.07, 6.45) is 2.81. The number of amides is 2. The topological polar surface area (TPSA) is 62.3 Å². The number of thiazole rings is 1. The zero-order valence-electron chi connectivity index (χ0n) is 17.0. The van der Waals surface area contributed by atoms with E-state index in [1.807, 2.05) is 18.7 Å². The van der Waals surface area contributed by atoms with Crippen LogP contribution in [0.5, 0.6) is 0 Å². The molecule has 0 aliphatic carbocycles. The van der Waals surface area contributed by atoms with Gasteiger partial charge in [0.2, 0.25) is 11.8 Å². The van der Waals surface area contributed by atoms with Crippen molar-refractivity contribution in [3.8, 4) is 11.3 Å². The summed E-state index contributed by atoms with van der Waals surface area (Å²) in [5, 5.41) is 3.95. The number of benzene rings is 1. The second kappa shape index (κ2) is 9.32. The van der Waals surface area contributed by atoms with Gasteiger partial charge in [-0.25, -0.2) is 4.98 Å². The van der Waals surface area contributed by atoms with E-state index in [1.165, 1.54) is 5.56 Å². The molecule has 0 spiro atoms. The Balaban J connectivity index is 1.62. The first-order valence-electron chi connectivity index (χ1n) is 10.1. The number of likely N-dealkylation sites (tertiary alicyclic amines) is 1. The predicted molar refractivity (Wildman–Crippen MR) is 113 cm³/mol. The third kappa shape index (κ3) is 4.98. The number of hydrogen-bond acceptors (Lipinski definition) is 4. The molecule has 2 heterocycles. The highest BCUT2D eigenvalue weighted by Gasteiger charge is 2.28. The summed E-state index contributed by atoms with van der Waals surface area (Å²) in [6.45, 7) is 8.13. The molecule has 0 unspecified atom stereocenters. The molecule has 0 saturated carbocycles. The molecule has 5 nitrogen and oxygen atoms in total. The maximum Gasteiger partial charge on any atom is 0.227 e. The van der Waals surface area contributed by atoms with E-state index in [0.29, 0.717) is 19.5 Å². The van der Waals surface area contributed by atoms with Gasteiger partial charge in [0.25, 0.3) is 0 Å². The Morgan fingerprint density at radius 2 is 1.86 bits per heavy atom. The van der Waals surface area contributed by atoms with E-state index in [-0.39, 0.29) is 17.7 Å². The lowest BCUT2D eigenvalue weighted by Gasteiger charge is -2.31. The zero-order chi connectivity index (χ0) is 20.1. The summed E-state index contributed by atoms with van der Waals surface area (Å²) >= 11 is 1.60. The molecular weight excluding hydrogens is 370 g/mol. The highest BCUT2D eigenvalue weighted by Crippen LogP contribution is 2.29. The number of nitrogens with one attached hydrogen (secondary N) is 1. The number of aromatic nitrogens is 1. The molecule has 1 aliphatic heterocycles. The van der Waals surface area contributed by atoms with Crippen molar-refractivity contribution in [1.82, 2.24) is 15.2 Å². The van der Waals surface area contributed by atoms with E-state index in [1.54, 1.807) is 11.3 Å². The van der Waals surface area contributed by atoms with Gasteiger partial charge in [0.1, 0.15) is 0 Å². The standard InChI is InChI=1S/C22H29N3O2S/c1-4-11-23-22(27)18-9-12-25(13-10-18)20(26)14-19-21(24-16(3)28-19)17-7-5-15(2)6-8-17/h5-8,18H,4,9-14H2,1-3H3,(H,23,27). The number of rotatable bonds is 6. The van der Waals surface area contributed by atoms with Gasteiger partial charge in [-0.15, -0.1) is 11.3 Å². The minimum absolute atomic E-state index is 0.0318. The molecule has 2 aromatic rings. The first-order chi connectivity index (χ1) is 13.5. The first kappa shape index (κ1) is 20.5. The normalized spacial score (nSPS) is 14.9. The van der Waals surface area contributed by atoms with Crippen molar-refractivity contribution in [2.45, 2.75) is 46.5 Å². The second-order valence-corrected chi connectivity index (χ2v) is 8.78. The number of aryl methyl sites for hydroxylation is 2. The monoisotopic (exact) mass is 399 g/mol. The summed E-state index contributed by atoms with van der Waals surface area (Å²) in [4.78, 5) is 32.6. The predicted octanol–water partition coefficient (Wildman–Crippen LogP) is 3.73. The minimum Gasteiger partial charge on any atom is -0.356 e. The van der Waals surface area contributed by atoms with Gasteiger partial charge in [-0.05, 0) is 33.1 Å². The van der Waals surface area contributed by atoms with Crippen LogP contribution in [0.1, 0.15) is 41.6 Å². The summed E-state index contributed by atoms with van der Waals surface area (Å²) in [5.41, 5.74) is 3.19. The van der Waals surface area contributed by atoms with Crippen LogP contribution in [0.4, 0.5) is 0 Å². The van der Waals surface area contributed by atoms with Crippen molar-refractivity contribution in [3.63, 3.8) is 0 Å². The molecule has 1 aliphatic rings. The van der Waals surface area contributed by atoms with Crippen molar-refractivity contribution in [2.24, 2.45) is 5.92 Å². The number of hydrogen-bond donors (Lipinski definition) is 1. The molecule has 0 bridgehead atoms. The van der Waals surface area contributed by atoms with Crippen LogP contribution in [-0.2, 0) is 16.0 Å². The van der Waals surface area contributed by atoms with Gasteiger partial charge in [0.15, 0.2) is 0 Å². The average molecular weight is 400 g/mol. The van der Waals surface area contributed by atoms with Gasteiger partial charge in [-0.1, -0.05) is 36.8 Å². The van der Waals surface area contributed by atoms with Crippen LogP contribution in [0.3, 0.4) is 0 Å². The largest absolute Gasteiger partial charge is 0.356 e. The molecule has 1 N–H and O–H groups in total. The van der Waals surface area contributed by atoms with Gasteiger partial charge >= 0.3 is 0 Å². The van der Waals surface area contributed by atoms with E-state index >= 15 is 0 Å². The van der Waals surface area contributed by atoms with Crippen molar-refractivity contribution < 1.29 is 9.59 Å². The first-order valence-corrected chi connectivity index (χ1v) is 10.9. The van der Waals surface area contributed by atoms with Crippen LogP contribution in [0.2, 0.25) is 0 Å². The Hall–Kier alpha value is -2.21. The molecule has 0 atom stereocenters. The fourth-order valence-corrected chi connectivity index (χ4v) is 4.51. The lowest BCUT2D eigenvalue weighted by atomic mass is 9.95. The SMILES string of the molecule is CCCNC(=O)C1CCN(C(=O)Cc2sc(C)nc2-c2ccc(C)cc2)CC1. The van der Waals surface area contributed by atoms with Crippen LogP contribution in [0.15, 0.2) is 24.3 Å². The van der Waals surface area contributed by atoms with E-state index in [2.05, 4.69) is 41.5 Å². The van der Waals surface area contributed by atoms with Crippen LogP contribution >= 0.6 is 11.3 Å². The molecule has 6 heteroatoms. The maximum atomic E-state index is 12.9. The molecule has 2 amide bonds. The quantitative estimate of drug-likeness (QED) is 0.805. The second-order valence-electron chi connectivity index (χ2n) is 7.49. The smallest absolute Gasteiger partial charge is 0.227 e. The Kier molecular flexibility index (Phi) is 6.83. The highest BCUT2D eigenvalue weighted by atomic mass is 32.1. The summed E-state index contributed by atoms with van der Waals surface area (Å²) in [7, 11) is 0. The van der Waals surface area contributed by atoms with E-state index in [0.717, 1.165) is 46.9 Å². The molecule has 0 radical (unpaired) electrons. The third-order valence-corrected chi connectivity index (χ3v) is 6.18. The summed E-state index contributed by atoms with van der Waals surface area (Å²) in [6, 6.07) is 8.28. The van der Waals surface area contributed by atoms with Crippen LogP contribution in [0, 0.1) is 19.8 Å². The number of nitrogens with zero attached hydrogens (tertiary/aromatic N) is 2. The molecule has 1 aromatic carbocycles. The van der Waals surface area contributed by atoms with Crippen molar-refractivity contribution in [3.05, 3.63) is 39.7 Å². The van der Waals surface area contributed by atoms with E-state index in [9.17, 15) is 9.59 Å².